The summed E-state index contributed by atoms with van der Waals surface area (Å²) in [5.74, 6) is 1.26. The normalized spacial score (nSPS) is 18.8. The van der Waals surface area contributed by atoms with Crippen LogP contribution < -0.4 is 10.2 Å². The minimum absolute atomic E-state index is 0.191. The first-order chi connectivity index (χ1) is 9.87. The van der Waals surface area contributed by atoms with Crippen LogP contribution in [0.3, 0.4) is 0 Å². The number of nitrogens with one attached hydrogen (secondary N) is 1. The molecule has 0 amide bonds. The van der Waals surface area contributed by atoms with E-state index in [9.17, 15) is 8.42 Å². The number of anilines is 1. The van der Waals surface area contributed by atoms with Crippen molar-refractivity contribution in [2.75, 3.05) is 29.5 Å². The topological polar surface area (TPSA) is 62.3 Å². The molecule has 0 saturated carbocycles. The van der Waals surface area contributed by atoms with Crippen molar-refractivity contribution in [3.8, 4) is 0 Å². The van der Waals surface area contributed by atoms with E-state index in [0.29, 0.717) is 37.1 Å². The van der Waals surface area contributed by atoms with Gasteiger partial charge in [-0.3, -0.25) is 0 Å². The van der Waals surface area contributed by atoms with Crippen molar-refractivity contribution in [2.24, 2.45) is 0 Å². The van der Waals surface area contributed by atoms with Crippen LogP contribution in [0.1, 0.15) is 25.8 Å². The van der Waals surface area contributed by atoms with Crippen LogP contribution in [0.4, 0.5) is 5.82 Å². The molecule has 0 unspecified atom stereocenters. The molecule has 2 heterocycles. The molecule has 0 atom stereocenters. The van der Waals surface area contributed by atoms with E-state index >= 15 is 0 Å². The van der Waals surface area contributed by atoms with Crippen LogP contribution in [0, 0.1) is 0 Å². The summed E-state index contributed by atoms with van der Waals surface area (Å²) in [4.78, 5) is 6.38. The van der Waals surface area contributed by atoms with E-state index in [1.807, 2.05) is 11.0 Å². The van der Waals surface area contributed by atoms with Gasteiger partial charge in [0.25, 0.3) is 0 Å². The maximum Gasteiger partial charge on any atom is 0.152 e. The van der Waals surface area contributed by atoms with Crippen LogP contribution in [-0.4, -0.2) is 44.0 Å². The minimum atomic E-state index is -2.91. The van der Waals surface area contributed by atoms with Crippen LogP contribution >= 0.6 is 11.6 Å². The van der Waals surface area contributed by atoms with Crippen molar-refractivity contribution >= 4 is 27.3 Å². The molecule has 21 heavy (non-hydrogen) atoms. The van der Waals surface area contributed by atoms with Crippen LogP contribution in [0.15, 0.2) is 12.3 Å². The number of hydrogen-bond acceptors (Lipinski definition) is 5. The molecule has 1 aliphatic heterocycles. The Labute approximate surface area is 131 Å². The number of sulfone groups is 1. The Kier molecular flexibility index (Phi) is 5.46. The van der Waals surface area contributed by atoms with Gasteiger partial charge in [0.1, 0.15) is 5.82 Å². The van der Waals surface area contributed by atoms with Gasteiger partial charge in [-0.15, -0.1) is 0 Å². The second-order valence-corrected chi connectivity index (χ2v) is 8.37. The molecule has 0 radical (unpaired) electrons. The fourth-order valence-corrected chi connectivity index (χ4v) is 3.70. The number of aromatic nitrogens is 1. The Morgan fingerprint density at radius 1 is 1.38 bits per heavy atom. The molecule has 1 fully saturated rings. The van der Waals surface area contributed by atoms with Gasteiger partial charge in [0.2, 0.25) is 0 Å². The molecule has 0 spiro atoms. The highest BCUT2D eigenvalue weighted by atomic mass is 35.5. The molecule has 118 valence electrons. The van der Waals surface area contributed by atoms with Gasteiger partial charge in [-0.1, -0.05) is 25.4 Å². The summed E-state index contributed by atoms with van der Waals surface area (Å²) >= 11 is 6.18. The summed E-state index contributed by atoms with van der Waals surface area (Å²) in [6, 6.07) is 2.33. The third-order valence-corrected chi connectivity index (χ3v) is 5.56. The Bertz CT molecular complexity index is 590. The van der Waals surface area contributed by atoms with Gasteiger partial charge < -0.3 is 10.2 Å². The SMILES string of the molecule is CC(C)NCc1cc(N2CCCS(=O)(=O)CC2)ncc1Cl. The first-order valence-corrected chi connectivity index (χ1v) is 9.40. The monoisotopic (exact) mass is 331 g/mol. The van der Waals surface area contributed by atoms with Crippen molar-refractivity contribution in [3.63, 3.8) is 0 Å². The van der Waals surface area contributed by atoms with Crippen molar-refractivity contribution in [2.45, 2.75) is 32.9 Å². The molecule has 0 bridgehead atoms. The van der Waals surface area contributed by atoms with Gasteiger partial charge in [0, 0.05) is 31.9 Å². The second-order valence-electron chi connectivity index (χ2n) is 5.66. The Morgan fingerprint density at radius 3 is 2.86 bits per heavy atom. The fraction of sp³-hybridized carbons (Fsp3) is 0.643. The third-order valence-electron chi connectivity index (χ3n) is 3.50. The number of pyridine rings is 1. The van der Waals surface area contributed by atoms with E-state index in [-0.39, 0.29) is 11.5 Å². The quantitative estimate of drug-likeness (QED) is 0.912. The highest BCUT2D eigenvalue weighted by Crippen LogP contribution is 2.22. The lowest BCUT2D eigenvalue weighted by Gasteiger charge is -2.22. The molecule has 1 aliphatic rings. The average Bonchev–Trinajstić information content (AvgIpc) is 2.59. The van der Waals surface area contributed by atoms with E-state index in [1.54, 1.807) is 6.20 Å². The summed E-state index contributed by atoms with van der Waals surface area (Å²) < 4.78 is 23.3. The molecule has 1 saturated heterocycles. The van der Waals surface area contributed by atoms with E-state index in [4.69, 9.17) is 11.6 Å². The Hall–Kier alpha value is -0.850. The number of nitrogens with zero attached hydrogens (tertiary/aromatic N) is 2. The number of hydrogen-bond donors (Lipinski definition) is 1. The average molecular weight is 332 g/mol. The molecule has 2 rings (SSSR count). The first kappa shape index (κ1) is 16.5. The molecular weight excluding hydrogens is 310 g/mol. The van der Waals surface area contributed by atoms with E-state index in [0.717, 1.165) is 11.4 Å². The van der Waals surface area contributed by atoms with Crippen LogP contribution in [0.25, 0.3) is 0 Å². The molecule has 1 aromatic heterocycles. The molecule has 0 aromatic carbocycles. The largest absolute Gasteiger partial charge is 0.356 e. The summed E-state index contributed by atoms with van der Waals surface area (Å²) in [5, 5.41) is 3.97. The van der Waals surface area contributed by atoms with Crippen molar-refractivity contribution < 1.29 is 8.42 Å². The number of halogens is 1. The van der Waals surface area contributed by atoms with E-state index < -0.39 is 9.84 Å². The molecule has 7 heteroatoms. The minimum Gasteiger partial charge on any atom is -0.356 e. The van der Waals surface area contributed by atoms with Gasteiger partial charge in [-0.2, -0.15) is 0 Å². The predicted molar refractivity (Wildman–Crippen MR) is 86.7 cm³/mol. The summed E-state index contributed by atoms with van der Waals surface area (Å²) in [6.07, 6.45) is 2.29. The smallest absolute Gasteiger partial charge is 0.152 e. The molecule has 5 nitrogen and oxygen atoms in total. The zero-order valence-corrected chi connectivity index (χ0v) is 14.0. The zero-order valence-electron chi connectivity index (χ0n) is 12.5. The van der Waals surface area contributed by atoms with Crippen molar-refractivity contribution in [1.29, 1.82) is 0 Å². The number of rotatable bonds is 4. The molecule has 1 N–H and O–H groups in total. The molecular formula is C14H22ClN3O2S. The van der Waals surface area contributed by atoms with Gasteiger partial charge in [0.15, 0.2) is 9.84 Å². The third kappa shape index (κ3) is 4.83. The zero-order chi connectivity index (χ0) is 15.5. The van der Waals surface area contributed by atoms with Crippen LogP contribution in [0.2, 0.25) is 5.02 Å². The summed E-state index contributed by atoms with van der Waals surface area (Å²) in [5.41, 5.74) is 0.988. The summed E-state index contributed by atoms with van der Waals surface area (Å²) in [7, 11) is -2.91. The van der Waals surface area contributed by atoms with Gasteiger partial charge in [0.05, 0.1) is 16.5 Å². The highest BCUT2D eigenvalue weighted by Gasteiger charge is 2.20. The first-order valence-electron chi connectivity index (χ1n) is 7.20. The Morgan fingerprint density at radius 2 is 2.14 bits per heavy atom. The fourth-order valence-electron chi connectivity index (χ4n) is 2.26. The second kappa shape index (κ2) is 6.94. The maximum atomic E-state index is 11.7. The summed E-state index contributed by atoms with van der Waals surface area (Å²) in [6.45, 7) is 6.04. The van der Waals surface area contributed by atoms with Crippen molar-refractivity contribution in [1.82, 2.24) is 10.3 Å². The standard InChI is InChI=1S/C14H22ClN3O2S/c1-11(2)16-9-12-8-14(17-10-13(12)15)18-4-3-6-21(19,20)7-5-18/h8,10-11,16H,3-7,9H2,1-2H3. The lowest BCUT2D eigenvalue weighted by molar-refractivity contribution is 0.588. The molecule has 0 aliphatic carbocycles. The van der Waals surface area contributed by atoms with Gasteiger partial charge in [-0.25, -0.2) is 13.4 Å². The maximum absolute atomic E-state index is 11.7. The Balaban J connectivity index is 2.14. The lowest BCUT2D eigenvalue weighted by Crippen LogP contribution is -2.28. The van der Waals surface area contributed by atoms with Gasteiger partial charge >= 0.3 is 0 Å². The lowest BCUT2D eigenvalue weighted by atomic mass is 10.2. The van der Waals surface area contributed by atoms with E-state index in [1.165, 1.54) is 0 Å². The predicted octanol–water partition coefficient (Wildman–Crippen LogP) is 1.86. The van der Waals surface area contributed by atoms with Crippen LogP contribution in [-0.2, 0) is 16.4 Å². The van der Waals surface area contributed by atoms with Gasteiger partial charge in [-0.05, 0) is 18.1 Å². The van der Waals surface area contributed by atoms with Crippen molar-refractivity contribution in [3.05, 3.63) is 22.8 Å². The highest BCUT2D eigenvalue weighted by molar-refractivity contribution is 7.91. The van der Waals surface area contributed by atoms with E-state index in [2.05, 4.69) is 24.1 Å². The molecule has 1 aromatic rings. The van der Waals surface area contributed by atoms with Crippen LogP contribution in [0.5, 0.6) is 0 Å².